The average Bonchev–Trinajstić information content (AvgIpc) is 3.15. The maximum Gasteiger partial charge on any atom is 0.227 e. The Bertz CT molecular complexity index is 599. The Morgan fingerprint density at radius 3 is 2.78 bits per heavy atom. The standard InChI is InChI=1S/C16H25N5O2/c1-10-3-4-11(15(17)22)9-21(10)16(23)14-7-18-6-13(14)12-5-19-20(2)8-12/h5,8,10-11,13-14,18H,3-4,6-7,9H2,1-2H3,(H2,17,22)/t10?,11?,13-,14+/m1/s1. The van der Waals surface area contributed by atoms with Gasteiger partial charge in [-0.1, -0.05) is 0 Å². The van der Waals surface area contributed by atoms with E-state index in [1.54, 1.807) is 4.68 Å². The van der Waals surface area contributed by atoms with Gasteiger partial charge in [0.2, 0.25) is 11.8 Å². The lowest BCUT2D eigenvalue weighted by atomic mass is 9.87. The Morgan fingerprint density at radius 2 is 2.13 bits per heavy atom. The second-order valence-electron chi connectivity index (χ2n) is 6.83. The predicted octanol–water partition coefficient (Wildman–Crippen LogP) is -0.164. The van der Waals surface area contributed by atoms with Crippen LogP contribution in [-0.2, 0) is 16.6 Å². The number of carbonyl (C=O) groups is 2. The average molecular weight is 319 g/mol. The summed E-state index contributed by atoms with van der Waals surface area (Å²) < 4.78 is 1.77. The van der Waals surface area contributed by atoms with Crippen molar-refractivity contribution in [2.45, 2.75) is 31.7 Å². The fourth-order valence-electron chi connectivity index (χ4n) is 3.78. The Kier molecular flexibility index (Phi) is 4.39. The smallest absolute Gasteiger partial charge is 0.227 e. The minimum absolute atomic E-state index is 0.103. The predicted molar refractivity (Wildman–Crippen MR) is 85.4 cm³/mol. The number of aryl methyl sites for hydroxylation is 1. The largest absolute Gasteiger partial charge is 0.369 e. The second kappa shape index (κ2) is 6.31. The SMILES string of the molecule is CC1CCC(C(N)=O)CN1C(=O)[C@H]1CNC[C@@H]1c1cnn(C)c1. The van der Waals surface area contributed by atoms with Gasteiger partial charge in [0, 0.05) is 44.8 Å². The Hall–Kier alpha value is -1.89. The van der Waals surface area contributed by atoms with Crippen LogP contribution in [-0.4, -0.2) is 52.2 Å². The highest BCUT2D eigenvalue weighted by atomic mass is 16.2. The molecule has 126 valence electrons. The number of piperidine rings is 1. The van der Waals surface area contributed by atoms with Crippen molar-refractivity contribution in [1.29, 1.82) is 0 Å². The number of nitrogens with zero attached hydrogens (tertiary/aromatic N) is 3. The number of nitrogens with two attached hydrogens (primary N) is 1. The molecule has 1 aromatic rings. The molecule has 0 spiro atoms. The summed E-state index contributed by atoms with van der Waals surface area (Å²) in [6.07, 6.45) is 5.42. The highest BCUT2D eigenvalue weighted by Gasteiger charge is 2.40. The van der Waals surface area contributed by atoms with Gasteiger partial charge in [0.1, 0.15) is 0 Å². The molecule has 23 heavy (non-hydrogen) atoms. The molecule has 0 aliphatic carbocycles. The summed E-state index contributed by atoms with van der Waals surface area (Å²) in [7, 11) is 1.88. The number of hydrogen-bond donors (Lipinski definition) is 2. The molecule has 2 aliphatic rings. The van der Waals surface area contributed by atoms with Crippen LogP contribution in [0.15, 0.2) is 12.4 Å². The highest BCUT2D eigenvalue weighted by Crippen LogP contribution is 2.32. The number of carbonyl (C=O) groups excluding carboxylic acids is 2. The third-order valence-electron chi connectivity index (χ3n) is 5.25. The molecule has 7 nitrogen and oxygen atoms in total. The highest BCUT2D eigenvalue weighted by molar-refractivity contribution is 5.83. The Labute approximate surface area is 136 Å². The topological polar surface area (TPSA) is 93.2 Å². The summed E-state index contributed by atoms with van der Waals surface area (Å²) in [5.41, 5.74) is 6.54. The van der Waals surface area contributed by atoms with Gasteiger partial charge in [0.15, 0.2) is 0 Å². The van der Waals surface area contributed by atoms with Gasteiger partial charge < -0.3 is 16.0 Å². The molecule has 0 radical (unpaired) electrons. The number of nitrogens with one attached hydrogen (secondary N) is 1. The second-order valence-corrected chi connectivity index (χ2v) is 6.83. The first-order valence-corrected chi connectivity index (χ1v) is 8.26. The maximum absolute atomic E-state index is 13.1. The van der Waals surface area contributed by atoms with E-state index in [0.29, 0.717) is 13.1 Å². The number of amides is 2. The van der Waals surface area contributed by atoms with E-state index in [1.165, 1.54) is 0 Å². The van der Waals surface area contributed by atoms with Crippen molar-refractivity contribution in [3.05, 3.63) is 18.0 Å². The monoisotopic (exact) mass is 319 g/mol. The van der Waals surface area contributed by atoms with E-state index in [9.17, 15) is 9.59 Å². The van der Waals surface area contributed by atoms with Crippen molar-refractivity contribution < 1.29 is 9.59 Å². The third kappa shape index (κ3) is 3.10. The lowest BCUT2D eigenvalue weighted by Gasteiger charge is -2.39. The van der Waals surface area contributed by atoms with E-state index >= 15 is 0 Å². The third-order valence-corrected chi connectivity index (χ3v) is 5.25. The van der Waals surface area contributed by atoms with E-state index in [4.69, 9.17) is 5.73 Å². The zero-order valence-electron chi connectivity index (χ0n) is 13.7. The van der Waals surface area contributed by atoms with Crippen LogP contribution in [0.3, 0.4) is 0 Å². The number of aromatic nitrogens is 2. The molecule has 1 aromatic heterocycles. The quantitative estimate of drug-likeness (QED) is 0.809. The molecule has 0 bridgehead atoms. The van der Waals surface area contributed by atoms with Gasteiger partial charge >= 0.3 is 0 Å². The van der Waals surface area contributed by atoms with Crippen LogP contribution in [0.25, 0.3) is 0 Å². The van der Waals surface area contributed by atoms with E-state index in [1.807, 2.05) is 24.3 Å². The van der Waals surface area contributed by atoms with Gasteiger partial charge in [0.25, 0.3) is 0 Å². The van der Waals surface area contributed by atoms with Crippen LogP contribution in [0.2, 0.25) is 0 Å². The Morgan fingerprint density at radius 1 is 1.35 bits per heavy atom. The van der Waals surface area contributed by atoms with Gasteiger partial charge in [-0.05, 0) is 25.3 Å². The molecule has 2 unspecified atom stereocenters. The van der Waals surface area contributed by atoms with E-state index in [-0.39, 0.29) is 35.6 Å². The molecule has 3 heterocycles. The fraction of sp³-hybridized carbons (Fsp3) is 0.688. The van der Waals surface area contributed by atoms with Crippen LogP contribution < -0.4 is 11.1 Å². The van der Waals surface area contributed by atoms with Crippen LogP contribution in [0.5, 0.6) is 0 Å². The zero-order chi connectivity index (χ0) is 16.6. The number of hydrogen-bond acceptors (Lipinski definition) is 4. The summed E-state index contributed by atoms with van der Waals surface area (Å²) in [5, 5.41) is 7.54. The summed E-state index contributed by atoms with van der Waals surface area (Å²) in [4.78, 5) is 26.4. The van der Waals surface area contributed by atoms with Gasteiger partial charge in [-0.15, -0.1) is 0 Å². The molecular formula is C16H25N5O2. The van der Waals surface area contributed by atoms with Crippen molar-refractivity contribution in [3.8, 4) is 0 Å². The fourth-order valence-corrected chi connectivity index (χ4v) is 3.78. The molecule has 0 aromatic carbocycles. The van der Waals surface area contributed by atoms with Crippen molar-refractivity contribution >= 4 is 11.8 Å². The van der Waals surface area contributed by atoms with Gasteiger partial charge in [0.05, 0.1) is 18.0 Å². The van der Waals surface area contributed by atoms with Crippen LogP contribution in [0.4, 0.5) is 0 Å². The van der Waals surface area contributed by atoms with Gasteiger partial charge in [-0.25, -0.2) is 0 Å². The first-order valence-electron chi connectivity index (χ1n) is 8.26. The molecule has 0 saturated carbocycles. The molecule has 3 N–H and O–H groups in total. The number of primary amides is 1. The molecular weight excluding hydrogens is 294 g/mol. The molecule has 3 rings (SSSR count). The minimum atomic E-state index is -0.303. The number of likely N-dealkylation sites (tertiary alicyclic amines) is 1. The first kappa shape index (κ1) is 16.0. The molecule has 2 amide bonds. The van der Waals surface area contributed by atoms with Crippen LogP contribution >= 0.6 is 0 Å². The Balaban J connectivity index is 1.76. The number of rotatable bonds is 3. The molecule has 7 heteroatoms. The van der Waals surface area contributed by atoms with Crippen LogP contribution in [0.1, 0.15) is 31.2 Å². The van der Waals surface area contributed by atoms with Crippen molar-refractivity contribution in [2.75, 3.05) is 19.6 Å². The van der Waals surface area contributed by atoms with Gasteiger partial charge in [-0.3, -0.25) is 14.3 Å². The minimum Gasteiger partial charge on any atom is -0.369 e. The van der Waals surface area contributed by atoms with Crippen molar-refractivity contribution in [2.24, 2.45) is 24.6 Å². The summed E-state index contributed by atoms with van der Waals surface area (Å²) in [6.45, 7) is 3.95. The van der Waals surface area contributed by atoms with Crippen molar-refractivity contribution in [1.82, 2.24) is 20.0 Å². The summed E-state index contributed by atoms with van der Waals surface area (Å²) >= 11 is 0. The molecule has 4 atom stereocenters. The summed E-state index contributed by atoms with van der Waals surface area (Å²) in [6, 6.07) is 0.160. The van der Waals surface area contributed by atoms with Gasteiger partial charge in [-0.2, -0.15) is 5.10 Å². The maximum atomic E-state index is 13.1. The lowest BCUT2D eigenvalue weighted by molar-refractivity contribution is -0.141. The normalized spacial score (nSPS) is 31.3. The zero-order valence-corrected chi connectivity index (χ0v) is 13.7. The van der Waals surface area contributed by atoms with Crippen molar-refractivity contribution in [3.63, 3.8) is 0 Å². The van der Waals surface area contributed by atoms with E-state index in [0.717, 1.165) is 24.9 Å². The van der Waals surface area contributed by atoms with E-state index in [2.05, 4.69) is 17.3 Å². The summed E-state index contributed by atoms with van der Waals surface area (Å²) in [5.74, 6) is -0.364. The first-order chi connectivity index (χ1) is 11.0. The van der Waals surface area contributed by atoms with E-state index < -0.39 is 0 Å². The molecule has 2 fully saturated rings. The molecule has 2 aliphatic heterocycles. The molecule has 2 saturated heterocycles. The van der Waals surface area contributed by atoms with Crippen LogP contribution in [0, 0.1) is 11.8 Å². The lowest BCUT2D eigenvalue weighted by Crippen LogP contribution is -2.51.